The fraction of sp³-hybridized carbons (Fsp3) is 0.148. The highest BCUT2D eigenvalue weighted by atomic mass is 127. The van der Waals surface area contributed by atoms with Crippen LogP contribution in [0.15, 0.2) is 76.6 Å². The summed E-state index contributed by atoms with van der Waals surface area (Å²) in [5.41, 5.74) is 1.98. The van der Waals surface area contributed by atoms with Gasteiger partial charge in [-0.2, -0.15) is 0 Å². The molecule has 0 unspecified atom stereocenters. The average Bonchev–Trinajstić information content (AvgIpc) is 3.18. The maximum atomic E-state index is 13.2. The number of nitrogens with one attached hydrogen (secondary N) is 1. The van der Waals surface area contributed by atoms with E-state index in [1.54, 1.807) is 41.3 Å². The molecule has 1 aliphatic rings. The minimum Gasteiger partial charge on any atom is -0.493 e. The predicted molar refractivity (Wildman–Crippen MR) is 153 cm³/mol. The summed E-state index contributed by atoms with van der Waals surface area (Å²) in [4.78, 5) is 31.9. The fourth-order valence-corrected chi connectivity index (χ4v) is 5.31. The van der Waals surface area contributed by atoms with E-state index in [1.165, 1.54) is 31.0 Å². The highest BCUT2D eigenvalue weighted by molar-refractivity contribution is 14.1. The molecule has 10 heteroatoms. The molecule has 1 heterocycles. The van der Waals surface area contributed by atoms with Gasteiger partial charge in [-0.3, -0.25) is 14.5 Å². The van der Waals surface area contributed by atoms with Crippen molar-refractivity contribution in [2.75, 3.05) is 25.6 Å². The number of amides is 2. The number of aliphatic imine (C=N–C) groups is 1. The number of hydrogen-bond acceptors (Lipinski definition) is 6. The molecule has 1 fully saturated rings. The van der Waals surface area contributed by atoms with Crippen LogP contribution in [0.1, 0.15) is 12.5 Å². The van der Waals surface area contributed by atoms with Gasteiger partial charge in [0.25, 0.3) is 11.8 Å². The van der Waals surface area contributed by atoms with E-state index >= 15 is 0 Å². The van der Waals surface area contributed by atoms with E-state index in [0.29, 0.717) is 39.5 Å². The Bertz CT molecular complexity index is 1360. The smallest absolute Gasteiger partial charge is 0.266 e. The topological polar surface area (TPSA) is 80.2 Å². The molecule has 0 bridgehead atoms. The van der Waals surface area contributed by atoms with Gasteiger partial charge in [-0.15, -0.1) is 0 Å². The summed E-state index contributed by atoms with van der Waals surface area (Å²) in [6.07, 6.45) is 1.76. The lowest BCUT2D eigenvalue weighted by atomic mass is 10.2. The summed E-state index contributed by atoms with van der Waals surface area (Å²) >= 11 is 3.36. The van der Waals surface area contributed by atoms with Crippen molar-refractivity contribution < 1.29 is 23.5 Å². The van der Waals surface area contributed by atoms with Crippen LogP contribution in [0.2, 0.25) is 0 Å². The number of ether oxygens (including phenoxy) is 2. The number of amidine groups is 1. The zero-order chi connectivity index (χ0) is 26.4. The van der Waals surface area contributed by atoms with Crippen molar-refractivity contribution in [3.05, 3.63) is 86.6 Å². The molecule has 7 nitrogen and oxygen atoms in total. The highest BCUT2D eigenvalue weighted by Gasteiger charge is 2.32. The number of methoxy groups -OCH3 is 1. The number of halogens is 2. The Morgan fingerprint density at radius 3 is 2.57 bits per heavy atom. The lowest BCUT2D eigenvalue weighted by Crippen LogP contribution is -2.28. The van der Waals surface area contributed by atoms with Crippen LogP contribution < -0.4 is 14.8 Å². The summed E-state index contributed by atoms with van der Waals surface area (Å²) in [7, 11) is 1.51. The first-order valence-corrected chi connectivity index (χ1v) is 13.2. The van der Waals surface area contributed by atoms with E-state index in [9.17, 15) is 14.0 Å². The molecule has 3 aromatic carbocycles. The predicted octanol–water partition coefficient (Wildman–Crippen LogP) is 6.08. The molecule has 1 saturated heterocycles. The van der Waals surface area contributed by atoms with Gasteiger partial charge in [0, 0.05) is 12.2 Å². The normalized spacial score (nSPS) is 15.4. The molecule has 1 aliphatic heterocycles. The van der Waals surface area contributed by atoms with Gasteiger partial charge in [0.2, 0.25) is 0 Å². The quantitative estimate of drug-likeness (QED) is 0.241. The first kappa shape index (κ1) is 26.7. The molecule has 0 aliphatic carbocycles. The Labute approximate surface area is 231 Å². The Morgan fingerprint density at radius 2 is 1.89 bits per heavy atom. The molecule has 0 saturated carbocycles. The van der Waals surface area contributed by atoms with Crippen LogP contribution in [0.4, 0.5) is 15.8 Å². The van der Waals surface area contributed by atoms with E-state index in [-0.39, 0.29) is 24.2 Å². The van der Waals surface area contributed by atoms with Crippen molar-refractivity contribution in [3.63, 3.8) is 0 Å². The number of likely N-dealkylation sites (N-methyl/N-ethyl adjacent to an activating group) is 1. The molecule has 0 spiro atoms. The van der Waals surface area contributed by atoms with Crippen molar-refractivity contribution in [1.29, 1.82) is 0 Å². The SMILES string of the molecule is CCN1C(=O)/C(=C\c2cc(I)c(OCC(=O)Nc3ccccc3)c(OC)c2)SC1=Nc1ccc(F)cc1. The molecule has 0 aromatic heterocycles. The summed E-state index contributed by atoms with van der Waals surface area (Å²) < 4.78 is 25.3. The number of hydrogen-bond donors (Lipinski definition) is 1. The van der Waals surface area contributed by atoms with Crippen LogP contribution in [0.5, 0.6) is 11.5 Å². The minimum atomic E-state index is -0.347. The second-order valence-corrected chi connectivity index (χ2v) is 9.94. The molecule has 0 atom stereocenters. The van der Waals surface area contributed by atoms with Crippen LogP contribution >= 0.6 is 34.4 Å². The zero-order valence-corrected chi connectivity index (χ0v) is 23.0. The number of nitrogens with zero attached hydrogens (tertiary/aromatic N) is 2. The van der Waals surface area contributed by atoms with Crippen molar-refractivity contribution in [3.8, 4) is 11.5 Å². The van der Waals surface area contributed by atoms with Gasteiger partial charge in [0.1, 0.15) is 5.82 Å². The van der Waals surface area contributed by atoms with Crippen molar-refractivity contribution >= 4 is 68.8 Å². The maximum absolute atomic E-state index is 13.2. The molecule has 190 valence electrons. The van der Waals surface area contributed by atoms with E-state index in [0.717, 1.165) is 9.13 Å². The van der Waals surface area contributed by atoms with Gasteiger partial charge in [-0.1, -0.05) is 18.2 Å². The van der Waals surface area contributed by atoms with Crippen molar-refractivity contribution in [1.82, 2.24) is 4.90 Å². The maximum Gasteiger partial charge on any atom is 0.266 e. The standard InChI is InChI=1S/C27H23FIN3O4S/c1-3-32-26(34)23(37-27(32)31-20-11-9-18(28)10-12-20)15-17-13-21(29)25(22(14-17)35-2)36-16-24(33)30-19-7-5-4-6-8-19/h4-15H,3,16H2,1-2H3,(H,30,33)/b23-15+,31-27?. The lowest BCUT2D eigenvalue weighted by Gasteiger charge is -2.14. The number of carbonyl (C=O) groups excluding carboxylic acids is 2. The summed E-state index contributed by atoms with van der Waals surface area (Å²) in [6.45, 7) is 2.13. The first-order chi connectivity index (χ1) is 17.9. The Balaban J connectivity index is 1.52. The second-order valence-electron chi connectivity index (χ2n) is 7.77. The van der Waals surface area contributed by atoms with Crippen LogP contribution in [-0.2, 0) is 9.59 Å². The van der Waals surface area contributed by atoms with Crippen LogP contribution in [0.25, 0.3) is 6.08 Å². The van der Waals surface area contributed by atoms with Gasteiger partial charge in [0.05, 0.1) is 21.3 Å². The van der Waals surface area contributed by atoms with Gasteiger partial charge >= 0.3 is 0 Å². The third kappa shape index (κ3) is 6.69. The summed E-state index contributed by atoms with van der Waals surface area (Å²) in [5, 5.41) is 3.30. The average molecular weight is 631 g/mol. The molecule has 1 N–H and O–H groups in total. The number of carbonyl (C=O) groups is 2. The third-order valence-corrected chi connectivity index (χ3v) is 7.02. The van der Waals surface area contributed by atoms with E-state index in [1.807, 2.05) is 31.2 Å². The largest absolute Gasteiger partial charge is 0.493 e. The zero-order valence-electron chi connectivity index (χ0n) is 20.0. The van der Waals surface area contributed by atoms with Crippen molar-refractivity contribution in [2.45, 2.75) is 6.92 Å². The Morgan fingerprint density at radius 1 is 1.16 bits per heavy atom. The Hall–Kier alpha value is -3.38. The first-order valence-electron chi connectivity index (χ1n) is 11.3. The molecule has 37 heavy (non-hydrogen) atoms. The van der Waals surface area contributed by atoms with Crippen LogP contribution in [0, 0.1) is 9.39 Å². The number of rotatable bonds is 8. The lowest BCUT2D eigenvalue weighted by molar-refractivity contribution is -0.122. The number of benzene rings is 3. The van der Waals surface area contributed by atoms with Gasteiger partial charge in [-0.25, -0.2) is 9.38 Å². The van der Waals surface area contributed by atoms with E-state index < -0.39 is 0 Å². The number of thioether (sulfide) groups is 1. The highest BCUT2D eigenvalue weighted by Crippen LogP contribution is 2.38. The van der Waals surface area contributed by atoms with Gasteiger partial charge in [-0.05, 0) is 101 Å². The van der Waals surface area contributed by atoms with Gasteiger partial charge < -0.3 is 14.8 Å². The molecule has 4 rings (SSSR count). The van der Waals surface area contributed by atoms with Crippen molar-refractivity contribution in [2.24, 2.45) is 4.99 Å². The molecular formula is C27H23FIN3O4S. The van der Waals surface area contributed by atoms with Crippen LogP contribution in [0.3, 0.4) is 0 Å². The summed E-state index contributed by atoms with van der Waals surface area (Å²) in [5.74, 6) is 0.0674. The molecular weight excluding hydrogens is 608 g/mol. The van der Waals surface area contributed by atoms with E-state index in [2.05, 4.69) is 32.9 Å². The van der Waals surface area contributed by atoms with Crippen LogP contribution in [-0.4, -0.2) is 42.1 Å². The fourth-order valence-electron chi connectivity index (χ4n) is 3.47. The third-order valence-electron chi connectivity index (χ3n) is 5.21. The molecule has 3 aromatic rings. The molecule has 0 radical (unpaired) electrons. The van der Waals surface area contributed by atoms with Gasteiger partial charge in [0.15, 0.2) is 23.3 Å². The monoisotopic (exact) mass is 631 g/mol. The second kappa shape index (κ2) is 12.2. The number of para-hydroxylation sites is 1. The Kier molecular flexibility index (Phi) is 8.82. The van der Waals surface area contributed by atoms with E-state index in [4.69, 9.17) is 9.47 Å². The minimum absolute atomic E-state index is 0.166. The molecule has 2 amide bonds. The number of anilines is 1. The summed E-state index contributed by atoms with van der Waals surface area (Å²) in [6, 6.07) is 18.5.